The summed E-state index contributed by atoms with van der Waals surface area (Å²) in [7, 11) is 0. The van der Waals surface area contributed by atoms with Crippen LogP contribution in [0.2, 0.25) is 0 Å². The van der Waals surface area contributed by atoms with Crippen LogP contribution in [0.25, 0.3) is 0 Å². The Kier molecular flexibility index (Phi) is 7.59. The lowest BCUT2D eigenvalue weighted by atomic mass is 10.0. The van der Waals surface area contributed by atoms with Gasteiger partial charge < -0.3 is 5.32 Å². The van der Waals surface area contributed by atoms with Gasteiger partial charge in [-0.05, 0) is 68.1 Å². The zero-order chi connectivity index (χ0) is 20.6. The van der Waals surface area contributed by atoms with Crippen molar-refractivity contribution < 1.29 is 9.59 Å². The van der Waals surface area contributed by atoms with Crippen molar-refractivity contribution in [3.05, 3.63) is 70.3 Å². The third-order valence-corrected chi connectivity index (χ3v) is 5.78. The number of hydrogen-bond acceptors (Lipinski definition) is 3. The summed E-state index contributed by atoms with van der Waals surface area (Å²) in [4.78, 5) is 26.9. The number of carbonyl (C=O) groups is 2. The summed E-state index contributed by atoms with van der Waals surface area (Å²) in [6.07, 6.45) is 4.42. The second kappa shape index (κ2) is 10.4. The normalized spacial score (nSPS) is 14.6. The third kappa shape index (κ3) is 6.53. The van der Waals surface area contributed by atoms with Crippen LogP contribution in [0.15, 0.2) is 42.5 Å². The minimum Gasteiger partial charge on any atom is -0.352 e. The number of aryl methyl sites for hydroxylation is 2. The number of ketones is 1. The largest absolute Gasteiger partial charge is 0.352 e. The molecule has 0 saturated carbocycles. The summed E-state index contributed by atoms with van der Waals surface area (Å²) in [5.74, 6) is -0.0649. The maximum absolute atomic E-state index is 12.3. The molecule has 1 saturated heterocycles. The molecule has 0 unspecified atom stereocenters. The van der Waals surface area contributed by atoms with Gasteiger partial charge >= 0.3 is 0 Å². The molecule has 1 fully saturated rings. The number of rotatable bonds is 8. The maximum Gasteiger partial charge on any atom is 0.220 e. The Hall–Kier alpha value is -2.46. The van der Waals surface area contributed by atoms with Gasteiger partial charge in [-0.3, -0.25) is 14.5 Å². The number of piperidine rings is 1. The van der Waals surface area contributed by atoms with Crippen molar-refractivity contribution in [2.45, 2.75) is 59.0 Å². The highest BCUT2D eigenvalue weighted by molar-refractivity contribution is 5.98. The first-order chi connectivity index (χ1) is 14.0. The highest BCUT2D eigenvalue weighted by Crippen LogP contribution is 2.14. The quantitative estimate of drug-likeness (QED) is 0.670. The predicted molar refractivity (Wildman–Crippen MR) is 117 cm³/mol. The summed E-state index contributed by atoms with van der Waals surface area (Å²) >= 11 is 0. The van der Waals surface area contributed by atoms with Gasteiger partial charge in [-0.1, -0.05) is 42.8 Å². The Morgan fingerprint density at radius 1 is 0.862 bits per heavy atom. The van der Waals surface area contributed by atoms with Gasteiger partial charge in [-0.2, -0.15) is 0 Å². The first-order valence-electron chi connectivity index (χ1n) is 10.7. The summed E-state index contributed by atoms with van der Waals surface area (Å²) in [6.45, 7) is 7.92. The third-order valence-electron chi connectivity index (χ3n) is 5.78. The van der Waals surface area contributed by atoms with Crippen LogP contribution in [0.4, 0.5) is 0 Å². The number of likely N-dealkylation sites (tertiary alicyclic amines) is 1. The van der Waals surface area contributed by atoms with Crippen LogP contribution in [-0.4, -0.2) is 29.7 Å². The molecule has 0 radical (unpaired) electrons. The van der Waals surface area contributed by atoms with E-state index >= 15 is 0 Å². The van der Waals surface area contributed by atoms with Crippen LogP contribution < -0.4 is 5.32 Å². The van der Waals surface area contributed by atoms with E-state index in [2.05, 4.69) is 34.5 Å². The SMILES string of the molecule is Cc1ccc(C(=O)CCC(=O)NCc2ccc(CN3CCCCC3)cc2)cc1C. The van der Waals surface area contributed by atoms with Crippen LogP contribution in [0, 0.1) is 13.8 Å². The molecule has 2 aromatic carbocycles. The molecule has 0 atom stereocenters. The fourth-order valence-electron chi connectivity index (χ4n) is 3.71. The molecule has 0 bridgehead atoms. The standard InChI is InChI=1S/C25H32N2O2/c1-19-6-11-23(16-20(19)2)24(28)12-13-25(29)26-17-21-7-9-22(10-8-21)18-27-14-4-3-5-15-27/h6-11,16H,3-5,12-15,17-18H2,1-2H3,(H,26,29). The van der Waals surface area contributed by atoms with Crippen molar-refractivity contribution >= 4 is 11.7 Å². The Balaban J connectivity index is 1.40. The second-order valence-corrected chi connectivity index (χ2v) is 8.15. The van der Waals surface area contributed by atoms with Crippen molar-refractivity contribution in [1.82, 2.24) is 10.2 Å². The van der Waals surface area contributed by atoms with Gasteiger partial charge in [0.1, 0.15) is 0 Å². The van der Waals surface area contributed by atoms with E-state index in [0.717, 1.165) is 17.7 Å². The molecular formula is C25H32N2O2. The fourth-order valence-corrected chi connectivity index (χ4v) is 3.71. The Labute approximate surface area is 174 Å². The van der Waals surface area contributed by atoms with Gasteiger partial charge in [-0.15, -0.1) is 0 Å². The molecule has 4 nitrogen and oxygen atoms in total. The van der Waals surface area contributed by atoms with Crippen LogP contribution in [0.1, 0.15) is 64.7 Å². The van der Waals surface area contributed by atoms with Crippen molar-refractivity contribution in [2.75, 3.05) is 13.1 Å². The van der Waals surface area contributed by atoms with E-state index in [1.54, 1.807) is 0 Å². The number of nitrogens with one attached hydrogen (secondary N) is 1. The van der Waals surface area contributed by atoms with Gasteiger partial charge in [0.15, 0.2) is 5.78 Å². The van der Waals surface area contributed by atoms with E-state index in [9.17, 15) is 9.59 Å². The molecule has 4 heteroatoms. The molecular weight excluding hydrogens is 360 g/mol. The molecule has 0 aliphatic carbocycles. The Morgan fingerprint density at radius 2 is 1.55 bits per heavy atom. The highest BCUT2D eigenvalue weighted by atomic mass is 16.2. The van der Waals surface area contributed by atoms with E-state index in [0.29, 0.717) is 12.1 Å². The number of amides is 1. The fraction of sp³-hybridized carbons (Fsp3) is 0.440. The zero-order valence-electron chi connectivity index (χ0n) is 17.7. The molecule has 1 aliphatic heterocycles. The van der Waals surface area contributed by atoms with Gasteiger partial charge in [0.25, 0.3) is 0 Å². The van der Waals surface area contributed by atoms with Crippen LogP contribution in [0.3, 0.4) is 0 Å². The number of nitrogens with zero attached hydrogens (tertiary/aromatic N) is 1. The van der Waals surface area contributed by atoms with Gasteiger partial charge in [0.2, 0.25) is 5.91 Å². The van der Waals surface area contributed by atoms with E-state index in [1.165, 1.54) is 43.5 Å². The van der Waals surface area contributed by atoms with Crippen molar-refractivity contribution in [1.29, 1.82) is 0 Å². The lowest BCUT2D eigenvalue weighted by Crippen LogP contribution is -2.29. The van der Waals surface area contributed by atoms with Gasteiger partial charge in [0, 0.05) is 31.5 Å². The van der Waals surface area contributed by atoms with E-state index in [4.69, 9.17) is 0 Å². The molecule has 1 heterocycles. The van der Waals surface area contributed by atoms with Crippen LogP contribution in [0.5, 0.6) is 0 Å². The highest BCUT2D eigenvalue weighted by Gasteiger charge is 2.11. The lowest BCUT2D eigenvalue weighted by molar-refractivity contribution is -0.121. The average Bonchev–Trinajstić information content (AvgIpc) is 2.74. The zero-order valence-corrected chi connectivity index (χ0v) is 17.7. The average molecular weight is 393 g/mol. The molecule has 1 amide bonds. The van der Waals surface area contributed by atoms with E-state index in [-0.39, 0.29) is 24.5 Å². The molecule has 3 rings (SSSR count). The van der Waals surface area contributed by atoms with Crippen LogP contribution >= 0.6 is 0 Å². The molecule has 0 spiro atoms. The minimum absolute atomic E-state index is 0.0188. The first kappa shape index (κ1) is 21.3. The second-order valence-electron chi connectivity index (χ2n) is 8.15. The molecule has 2 aromatic rings. The van der Waals surface area contributed by atoms with Gasteiger partial charge in [-0.25, -0.2) is 0 Å². The van der Waals surface area contributed by atoms with Crippen molar-refractivity contribution in [2.24, 2.45) is 0 Å². The monoisotopic (exact) mass is 392 g/mol. The first-order valence-corrected chi connectivity index (χ1v) is 10.7. The Bertz CT molecular complexity index is 836. The van der Waals surface area contributed by atoms with Crippen molar-refractivity contribution in [3.8, 4) is 0 Å². The molecule has 0 aromatic heterocycles. The smallest absolute Gasteiger partial charge is 0.220 e. The number of Topliss-reactive ketones (excluding diaryl/α,β-unsaturated/α-hetero) is 1. The predicted octanol–water partition coefficient (Wildman–Crippen LogP) is 4.57. The summed E-state index contributed by atoms with van der Waals surface area (Å²) in [5, 5.41) is 2.93. The molecule has 1 N–H and O–H groups in total. The molecule has 29 heavy (non-hydrogen) atoms. The van der Waals surface area contributed by atoms with E-state index in [1.807, 2.05) is 32.0 Å². The molecule has 154 valence electrons. The van der Waals surface area contributed by atoms with Gasteiger partial charge in [0.05, 0.1) is 0 Å². The molecule has 1 aliphatic rings. The summed E-state index contributed by atoms with van der Waals surface area (Å²) < 4.78 is 0. The number of benzene rings is 2. The van der Waals surface area contributed by atoms with E-state index < -0.39 is 0 Å². The number of hydrogen-bond donors (Lipinski definition) is 1. The minimum atomic E-state index is -0.0837. The van der Waals surface area contributed by atoms with Crippen LogP contribution in [-0.2, 0) is 17.9 Å². The lowest BCUT2D eigenvalue weighted by Gasteiger charge is -2.26. The summed E-state index contributed by atoms with van der Waals surface area (Å²) in [6, 6.07) is 14.2. The number of carbonyl (C=O) groups excluding carboxylic acids is 2. The van der Waals surface area contributed by atoms with Crippen molar-refractivity contribution in [3.63, 3.8) is 0 Å². The maximum atomic E-state index is 12.3. The Morgan fingerprint density at radius 3 is 2.24 bits per heavy atom. The summed E-state index contributed by atoms with van der Waals surface area (Å²) in [5.41, 5.74) is 5.36. The topological polar surface area (TPSA) is 49.4 Å².